The van der Waals surface area contributed by atoms with Gasteiger partial charge < -0.3 is 5.73 Å². The van der Waals surface area contributed by atoms with E-state index in [0.717, 1.165) is 6.92 Å². The molecule has 0 saturated heterocycles. The summed E-state index contributed by atoms with van der Waals surface area (Å²) in [6.07, 6.45) is -1.67. The van der Waals surface area contributed by atoms with E-state index in [1.807, 2.05) is 0 Å². The van der Waals surface area contributed by atoms with Gasteiger partial charge in [-0.1, -0.05) is 24.0 Å². The summed E-state index contributed by atoms with van der Waals surface area (Å²) >= 11 is 0. The zero-order valence-corrected chi connectivity index (χ0v) is 13.0. The van der Waals surface area contributed by atoms with Crippen LogP contribution in [-0.2, 0) is 20.0 Å². The van der Waals surface area contributed by atoms with E-state index in [9.17, 15) is 43.2 Å². The molecule has 0 aliphatic carbocycles. The smallest absolute Gasteiger partial charge is 0.311 e. The van der Waals surface area contributed by atoms with E-state index in [1.54, 1.807) is 0 Å². The van der Waals surface area contributed by atoms with Gasteiger partial charge in [-0.2, -0.15) is 26.3 Å². The molecule has 0 aromatic heterocycles. The van der Waals surface area contributed by atoms with Gasteiger partial charge in [0, 0.05) is 0 Å². The van der Waals surface area contributed by atoms with Crippen molar-refractivity contribution < 1.29 is 43.2 Å². The highest BCUT2D eigenvalue weighted by Crippen LogP contribution is 2.40. The minimum absolute atomic E-state index is 0.151. The van der Waals surface area contributed by atoms with Crippen LogP contribution in [-0.4, -0.2) is 37.2 Å². The summed E-state index contributed by atoms with van der Waals surface area (Å²) in [4.78, 5) is 0. The fraction of sp³-hybridized carbons (Fsp3) is 1.00. The highest BCUT2D eigenvalue weighted by atomic mass is 32.3. The van der Waals surface area contributed by atoms with Crippen LogP contribution < -0.4 is 5.73 Å². The molecule has 0 amide bonds. The molecule has 1 atom stereocenters. The zero-order valence-electron chi connectivity index (χ0n) is 11.4. The van der Waals surface area contributed by atoms with Crippen molar-refractivity contribution in [1.29, 1.82) is 0 Å². The van der Waals surface area contributed by atoms with Gasteiger partial charge in [0.1, 0.15) is 0 Å². The summed E-state index contributed by atoms with van der Waals surface area (Å²) in [6.45, 7) is 2.26. The van der Waals surface area contributed by atoms with E-state index in [4.69, 9.17) is 5.73 Å². The first-order chi connectivity index (χ1) is 9.49. The van der Waals surface area contributed by atoms with Crippen LogP contribution in [0, 0.1) is 0 Å². The van der Waals surface area contributed by atoms with Crippen molar-refractivity contribution in [2.45, 2.75) is 49.8 Å². The molecule has 0 saturated carbocycles. The van der Waals surface area contributed by atoms with E-state index in [2.05, 4.69) is 0 Å². The summed E-state index contributed by atoms with van der Waals surface area (Å²) in [5.41, 5.74) is -10.1. The second-order valence-corrected chi connectivity index (χ2v) is 8.09. The first-order valence-electron chi connectivity index (χ1n) is 5.71. The predicted octanol–water partition coefficient (Wildman–Crippen LogP) is 1.85. The molecule has 0 aromatic carbocycles. The number of sulfonamides is 2. The number of hydrogen-bond acceptors (Lipinski definition) is 5. The standard InChI is InChI=1S/C8H14F6N2O4S2/c1-3-5-6(15,4-2)16(21(17,18)7(9,10)11)22(19,20)8(12,13)14/h3-5,15H2,1-2H3. The molecule has 6 nitrogen and oxygen atoms in total. The van der Waals surface area contributed by atoms with Gasteiger partial charge in [0.05, 0.1) is 5.66 Å². The minimum Gasteiger partial charge on any atom is -0.311 e. The summed E-state index contributed by atoms with van der Waals surface area (Å²) in [7, 11) is -13.7. The third kappa shape index (κ3) is 3.65. The summed E-state index contributed by atoms with van der Waals surface area (Å²) in [5, 5.41) is 0. The Morgan fingerprint density at radius 1 is 0.864 bits per heavy atom. The van der Waals surface area contributed by atoms with E-state index in [0.29, 0.717) is 0 Å². The zero-order chi connectivity index (χ0) is 18.2. The highest BCUT2D eigenvalue weighted by molar-refractivity contribution is 8.04. The Morgan fingerprint density at radius 2 is 1.18 bits per heavy atom. The van der Waals surface area contributed by atoms with Gasteiger partial charge in [-0.15, -0.1) is 0 Å². The van der Waals surface area contributed by atoms with Crippen LogP contribution in [0.5, 0.6) is 0 Å². The third-order valence-electron chi connectivity index (χ3n) is 2.68. The quantitative estimate of drug-likeness (QED) is 0.560. The molecular formula is C8H14F6N2O4S2. The maximum Gasteiger partial charge on any atom is 0.512 e. The fourth-order valence-corrected chi connectivity index (χ4v) is 4.94. The Balaban J connectivity index is 6.66. The Morgan fingerprint density at radius 3 is 1.36 bits per heavy atom. The molecule has 0 spiro atoms. The lowest BCUT2D eigenvalue weighted by atomic mass is 10.0. The van der Waals surface area contributed by atoms with Crippen LogP contribution >= 0.6 is 0 Å². The molecule has 0 fully saturated rings. The molecule has 22 heavy (non-hydrogen) atoms. The molecule has 134 valence electrons. The van der Waals surface area contributed by atoms with E-state index in [1.165, 1.54) is 6.92 Å². The number of nitrogens with two attached hydrogens (primary N) is 1. The molecule has 0 aromatic rings. The van der Waals surface area contributed by atoms with Gasteiger partial charge in [-0.25, -0.2) is 16.8 Å². The van der Waals surface area contributed by atoms with Crippen molar-refractivity contribution in [2.24, 2.45) is 5.73 Å². The fourth-order valence-electron chi connectivity index (χ4n) is 1.63. The van der Waals surface area contributed by atoms with Crippen molar-refractivity contribution in [3.05, 3.63) is 0 Å². The Hall–Kier alpha value is -0.600. The average molecular weight is 380 g/mol. The van der Waals surface area contributed by atoms with Gasteiger partial charge in [-0.3, -0.25) is 0 Å². The van der Waals surface area contributed by atoms with Crippen LogP contribution in [0.15, 0.2) is 0 Å². The molecule has 1 unspecified atom stereocenters. The number of hydrogen-bond donors (Lipinski definition) is 1. The lowest BCUT2D eigenvalue weighted by Gasteiger charge is -2.38. The molecular weight excluding hydrogens is 366 g/mol. The lowest BCUT2D eigenvalue weighted by molar-refractivity contribution is -0.0574. The summed E-state index contributed by atoms with van der Waals surface area (Å²) in [6, 6.07) is 0. The van der Waals surface area contributed by atoms with Crippen molar-refractivity contribution in [3.8, 4) is 0 Å². The first kappa shape index (κ1) is 21.4. The Labute approximate surface area is 123 Å². The van der Waals surface area contributed by atoms with Crippen LogP contribution in [0.4, 0.5) is 26.3 Å². The number of rotatable bonds is 6. The minimum atomic E-state index is -6.87. The molecule has 0 radical (unpaired) electrons. The van der Waals surface area contributed by atoms with Crippen molar-refractivity contribution in [2.75, 3.05) is 0 Å². The largest absolute Gasteiger partial charge is 0.512 e. The third-order valence-corrected chi connectivity index (χ3v) is 6.63. The monoisotopic (exact) mass is 380 g/mol. The molecule has 0 rings (SSSR count). The van der Waals surface area contributed by atoms with Crippen LogP contribution in [0.1, 0.15) is 33.1 Å². The topological polar surface area (TPSA) is 97.5 Å². The average Bonchev–Trinajstić information content (AvgIpc) is 2.25. The van der Waals surface area contributed by atoms with Crippen molar-refractivity contribution in [1.82, 2.24) is 3.71 Å². The molecule has 14 heteroatoms. The molecule has 0 aliphatic heterocycles. The number of nitrogens with zero attached hydrogens (tertiary/aromatic N) is 1. The van der Waals surface area contributed by atoms with E-state index >= 15 is 0 Å². The van der Waals surface area contributed by atoms with Crippen molar-refractivity contribution in [3.63, 3.8) is 0 Å². The molecule has 0 bridgehead atoms. The number of halogens is 6. The normalized spacial score (nSPS) is 17.5. The van der Waals surface area contributed by atoms with Gasteiger partial charge in [-0.05, 0) is 12.8 Å². The molecule has 0 aliphatic rings. The van der Waals surface area contributed by atoms with Gasteiger partial charge >= 0.3 is 31.1 Å². The van der Waals surface area contributed by atoms with E-state index < -0.39 is 53.3 Å². The Bertz CT molecular complexity index is 553. The Kier molecular flexibility index (Phi) is 5.96. The van der Waals surface area contributed by atoms with Gasteiger partial charge in [0.25, 0.3) is 0 Å². The van der Waals surface area contributed by atoms with E-state index in [-0.39, 0.29) is 6.42 Å². The van der Waals surface area contributed by atoms with Gasteiger partial charge in [0.2, 0.25) is 0 Å². The second-order valence-electron chi connectivity index (χ2n) is 4.31. The summed E-state index contributed by atoms with van der Waals surface area (Å²) in [5.74, 6) is 0. The summed E-state index contributed by atoms with van der Waals surface area (Å²) < 4.78 is 119. The van der Waals surface area contributed by atoms with Crippen molar-refractivity contribution >= 4 is 20.0 Å². The lowest BCUT2D eigenvalue weighted by Crippen LogP contribution is -2.64. The van der Waals surface area contributed by atoms with Crippen LogP contribution in [0.2, 0.25) is 0 Å². The second kappa shape index (κ2) is 6.13. The predicted molar refractivity (Wildman–Crippen MR) is 63.9 cm³/mol. The molecule has 2 N–H and O–H groups in total. The maximum absolute atomic E-state index is 12.6. The SMILES string of the molecule is CCCC(N)(CC)N(S(=O)(=O)C(F)(F)F)S(=O)(=O)C(F)(F)F. The van der Waals surface area contributed by atoms with Gasteiger partial charge in [0.15, 0.2) is 0 Å². The van der Waals surface area contributed by atoms with Crippen LogP contribution in [0.3, 0.4) is 0 Å². The highest BCUT2D eigenvalue weighted by Gasteiger charge is 2.66. The molecule has 0 heterocycles. The number of alkyl halides is 6. The van der Waals surface area contributed by atoms with Crippen LogP contribution in [0.25, 0.3) is 0 Å². The first-order valence-corrected chi connectivity index (χ1v) is 8.59. The maximum atomic E-state index is 12.6.